The summed E-state index contributed by atoms with van der Waals surface area (Å²) in [5.74, 6) is -0.600. The van der Waals surface area contributed by atoms with E-state index in [2.05, 4.69) is 11.9 Å². The lowest BCUT2D eigenvalue weighted by atomic mass is 10.1. The van der Waals surface area contributed by atoms with E-state index in [1.807, 2.05) is 32.0 Å². The molecule has 1 aromatic rings. The SMILES string of the molecule is C=CCN1C(=O)S[C@@H](CC(=O)Nc2ccc(C)cc2C)C1=O. The van der Waals surface area contributed by atoms with Crippen molar-refractivity contribution in [1.82, 2.24) is 4.90 Å². The smallest absolute Gasteiger partial charge is 0.289 e. The standard InChI is InChI=1S/C16H18N2O3S/c1-4-7-18-15(20)13(22-16(18)21)9-14(19)17-12-6-5-10(2)8-11(12)3/h4-6,8,13H,1,7,9H2,2-3H3,(H,17,19)/t13-/m0/s1. The highest BCUT2D eigenvalue weighted by Crippen LogP contribution is 2.29. The van der Waals surface area contributed by atoms with E-state index < -0.39 is 5.25 Å². The van der Waals surface area contributed by atoms with Crippen molar-refractivity contribution in [1.29, 1.82) is 0 Å². The molecule has 0 spiro atoms. The summed E-state index contributed by atoms with van der Waals surface area (Å²) in [5, 5.41) is 1.81. The molecule has 1 atom stereocenters. The molecule has 22 heavy (non-hydrogen) atoms. The van der Waals surface area contributed by atoms with Crippen LogP contribution in [0.25, 0.3) is 0 Å². The Bertz CT molecular complexity index is 642. The van der Waals surface area contributed by atoms with Gasteiger partial charge in [0.15, 0.2) is 0 Å². The number of amides is 3. The first-order valence-corrected chi connectivity index (χ1v) is 7.80. The largest absolute Gasteiger partial charge is 0.326 e. The number of hydrogen-bond acceptors (Lipinski definition) is 4. The number of carbonyl (C=O) groups is 3. The van der Waals surface area contributed by atoms with Crippen LogP contribution in [0.15, 0.2) is 30.9 Å². The summed E-state index contributed by atoms with van der Waals surface area (Å²) >= 11 is 0.896. The summed E-state index contributed by atoms with van der Waals surface area (Å²) in [5.41, 5.74) is 2.80. The molecule has 1 aliphatic rings. The molecule has 1 heterocycles. The first-order chi connectivity index (χ1) is 10.4. The Morgan fingerprint density at radius 2 is 2.14 bits per heavy atom. The zero-order valence-corrected chi connectivity index (χ0v) is 13.4. The van der Waals surface area contributed by atoms with Gasteiger partial charge in [-0.2, -0.15) is 0 Å². The van der Waals surface area contributed by atoms with Gasteiger partial charge in [-0.05, 0) is 25.5 Å². The second-order valence-corrected chi connectivity index (χ2v) is 6.33. The minimum atomic E-state index is -0.654. The predicted octanol–water partition coefficient (Wildman–Crippen LogP) is 2.88. The molecule has 5 nitrogen and oxygen atoms in total. The molecule has 0 radical (unpaired) electrons. The van der Waals surface area contributed by atoms with Crippen LogP contribution >= 0.6 is 11.8 Å². The molecule has 0 saturated carbocycles. The molecular formula is C16H18N2O3S. The van der Waals surface area contributed by atoms with Crippen molar-refractivity contribution in [2.45, 2.75) is 25.5 Å². The van der Waals surface area contributed by atoms with Gasteiger partial charge in [0.05, 0.1) is 0 Å². The fourth-order valence-electron chi connectivity index (χ4n) is 2.25. The van der Waals surface area contributed by atoms with E-state index in [1.54, 1.807) is 0 Å². The van der Waals surface area contributed by atoms with Crippen LogP contribution < -0.4 is 5.32 Å². The van der Waals surface area contributed by atoms with Gasteiger partial charge in [0, 0.05) is 18.7 Å². The third-order valence-electron chi connectivity index (χ3n) is 3.34. The van der Waals surface area contributed by atoms with Gasteiger partial charge < -0.3 is 5.32 Å². The Labute approximate surface area is 133 Å². The summed E-state index contributed by atoms with van der Waals surface area (Å²) in [4.78, 5) is 37.0. The predicted molar refractivity (Wildman–Crippen MR) is 87.8 cm³/mol. The zero-order chi connectivity index (χ0) is 16.3. The second kappa shape index (κ2) is 6.79. The lowest BCUT2D eigenvalue weighted by Crippen LogP contribution is -2.33. The van der Waals surface area contributed by atoms with Crippen LogP contribution in [0.5, 0.6) is 0 Å². The number of thioether (sulfide) groups is 1. The molecule has 3 amide bonds. The Morgan fingerprint density at radius 1 is 1.41 bits per heavy atom. The van der Waals surface area contributed by atoms with Crippen molar-refractivity contribution < 1.29 is 14.4 Å². The molecule has 116 valence electrons. The highest BCUT2D eigenvalue weighted by atomic mass is 32.2. The minimum Gasteiger partial charge on any atom is -0.326 e. The lowest BCUT2D eigenvalue weighted by Gasteiger charge is -2.12. The molecule has 0 aliphatic carbocycles. The van der Waals surface area contributed by atoms with Gasteiger partial charge in [0.2, 0.25) is 11.8 Å². The van der Waals surface area contributed by atoms with E-state index in [0.717, 1.165) is 33.5 Å². The number of benzene rings is 1. The first kappa shape index (κ1) is 16.3. The van der Waals surface area contributed by atoms with Crippen LogP contribution in [-0.2, 0) is 9.59 Å². The molecule has 6 heteroatoms. The topological polar surface area (TPSA) is 66.5 Å². The van der Waals surface area contributed by atoms with Gasteiger partial charge in [-0.1, -0.05) is 35.5 Å². The summed E-state index contributed by atoms with van der Waals surface area (Å²) < 4.78 is 0. The van der Waals surface area contributed by atoms with Crippen molar-refractivity contribution in [3.63, 3.8) is 0 Å². The quantitative estimate of drug-likeness (QED) is 0.848. The van der Waals surface area contributed by atoms with Crippen LogP contribution in [0.2, 0.25) is 0 Å². The molecule has 1 aliphatic heterocycles. The van der Waals surface area contributed by atoms with Crippen LogP contribution in [0.4, 0.5) is 10.5 Å². The van der Waals surface area contributed by atoms with Crippen LogP contribution in [-0.4, -0.2) is 33.7 Å². The molecule has 2 rings (SSSR count). The first-order valence-electron chi connectivity index (χ1n) is 6.92. The normalized spacial score (nSPS) is 17.7. The number of imide groups is 1. The fraction of sp³-hybridized carbons (Fsp3) is 0.312. The molecule has 0 aromatic heterocycles. The van der Waals surface area contributed by atoms with E-state index in [0.29, 0.717) is 0 Å². The molecular weight excluding hydrogens is 300 g/mol. The Balaban J connectivity index is 1.99. The minimum absolute atomic E-state index is 0.0177. The van der Waals surface area contributed by atoms with Crippen molar-refractivity contribution >= 4 is 34.5 Å². The van der Waals surface area contributed by atoms with Crippen LogP contribution in [0.1, 0.15) is 17.5 Å². The van der Waals surface area contributed by atoms with Crippen molar-refractivity contribution in [3.05, 3.63) is 42.0 Å². The van der Waals surface area contributed by atoms with Gasteiger partial charge in [0.25, 0.3) is 5.24 Å². The third kappa shape index (κ3) is 3.57. The fourth-order valence-corrected chi connectivity index (χ4v) is 3.24. The number of carbonyl (C=O) groups excluding carboxylic acids is 3. The van der Waals surface area contributed by atoms with Crippen LogP contribution in [0, 0.1) is 13.8 Å². The summed E-state index contributed by atoms with van der Waals surface area (Å²) in [6.07, 6.45) is 1.48. The Morgan fingerprint density at radius 3 is 2.77 bits per heavy atom. The molecule has 1 N–H and O–H groups in total. The third-order valence-corrected chi connectivity index (χ3v) is 4.42. The van der Waals surface area contributed by atoms with Crippen molar-refractivity contribution in [2.75, 3.05) is 11.9 Å². The number of hydrogen-bond donors (Lipinski definition) is 1. The monoisotopic (exact) mass is 318 g/mol. The van der Waals surface area contributed by atoms with E-state index in [1.165, 1.54) is 6.08 Å². The van der Waals surface area contributed by atoms with E-state index in [4.69, 9.17) is 0 Å². The lowest BCUT2D eigenvalue weighted by molar-refractivity contribution is -0.128. The van der Waals surface area contributed by atoms with Crippen molar-refractivity contribution in [3.8, 4) is 0 Å². The number of nitrogens with zero attached hydrogens (tertiary/aromatic N) is 1. The second-order valence-electron chi connectivity index (χ2n) is 5.18. The van der Waals surface area contributed by atoms with Crippen LogP contribution in [0.3, 0.4) is 0 Å². The van der Waals surface area contributed by atoms with Crippen molar-refractivity contribution in [2.24, 2.45) is 0 Å². The number of rotatable bonds is 5. The van der Waals surface area contributed by atoms with Gasteiger partial charge in [-0.25, -0.2) is 0 Å². The maximum atomic E-state index is 12.1. The maximum absolute atomic E-state index is 12.1. The molecule has 0 bridgehead atoms. The van der Waals surface area contributed by atoms with Gasteiger partial charge in [-0.15, -0.1) is 6.58 Å². The molecule has 1 aromatic carbocycles. The highest BCUT2D eigenvalue weighted by molar-refractivity contribution is 8.15. The van der Waals surface area contributed by atoms with Gasteiger partial charge in [0.1, 0.15) is 5.25 Å². The summed E-state index contributed by atoms with van der Waals surface area (Å²) in [6, 6.07) is 5.72. The molecule has 0 unspecified atom stereocenters. The molecule has 1 saturated heterocycles. The van der Waals surface area contributed by atoms with E-state index >= 15 is 0 Å². The highest BCUT2D eigenvalue weighted by Gasteiger charge is 2.39. The average Bonchev–Trinajstić information content (AvgIpc) is 2.70. The Kier molecular flexibility index (Phi) is 5.03. The maximum Gasteiger partial charge on any atom is 0.289 e. The number of anilines is 1. The average molecular weight is 318 g/mol. The van der Waals surface area contributed by atoms with E-state index in [-0.39, 0.29) is 30.0 Å². The number of aryl methyl sites for hydroxylation is 2. The zero-order valence-electron chi connectivity index (χ0n) is 12.6. The van der Waals surface area contributed by atoms with Gasteiger partial charge >= 0.3 is 0 Å². The Hall–Kier alpha value is -2.08. The number of nitrogens with one attached hydrogen (secondary N) is 1. The summed E-state index contributed by atoms with van der Waals surface area (Å²) in [7, 11) is 0. The van der Waals surface area contributed by atoms with E-state index in [9.17, 15) is 14.4 Å². The summed E-state index contributed by atoms with van der Waals surface area (Å²) in [6.45, 7) is 7.59. The molecule has 1 fully saturated rings. The van der Waals surface area contributed by atoms with Gasteiger partial charge in [-0.3, -0.25) is 19.3 Å².